The number of hydrogen-bond acceptors (Lipinski definition) is 2. The molecule has 0 N–H and O–H groups in total. The Bertz CT molecular complexity index is 4600. The van der Waals surface area contributed by atoms with Crippen LogP contribution in [0.25, 0.3) is 72.3 Å². The van der Waals surface area contributed by atoms with E-state index in [1.807, 2.05) is 67.9 Å². The zero-order valence-corrected chi connectivity index (χ0v) is 51.4. The van der Waals surface area contributed by atoms with E-state index in [1.165, 1.54) is 11.1 Å². The Morgan fingerprint density at radius 1 is 0.494 bits per heavy atom. The van der Waals surface area contributed by atoms with Crippen LogP contribution in [0.1, 0.15) is 172 Å². The summed E-state index contributed by atoms with van der Waals surface area (Å²) < 4.78 is 105. The van der Waals surface area contributed by atoms with Crippen LogP contribution in [0.2, 0.25) is 0 Å². The van der Waals surface area contributed by atoms with Crippen LogP contribution >= 0.6 is 0 Å². The Kier molecular flexibility index (Phi) is 10.1. The van der Waals surface area contributed by atoms with E-state index in [1.54, 1.807) is 0 Å². The molecule has 0 radical (unpaired) electrons. The minimum atomic E-state index is -0.659. The van der Waals surface area contributed by atoms with Gasteiger partial charge in [-0.05, 0) is 44.4 Å². The zero-order chi connectivity index (χ0) is 65.4. The molecular weight excluding hydrogens is 1140 g/mol. The van der Waals surface area contributed by atoms with E-state index in [0.29, 0.717) is 37.6 Å². The predicted molar refractivity (Wildman–Crippen MR) is 328 cm³/mol. The molecule has 0 saturated carbocycles. The second-order valence-electron chi connectivity index (χ2n) is 27.4. The fraction of sp³-hybridized carbons (Fsp3) is 0.342. The first-order chi connectivity index (χ1) is 41.0. The molecule has 0 unspecified atom stereocenters. The van der Waals surface area contributed by atoms with Crippen molar-refractivity contribution >= 4 is 32.8 Å². The summed E-state index contributed by atoms with van der Waals surface area (Å²) in [6.45, 7) is 39.6. The Morgan fingerprint density at radius 2 is 1.04 bits per heavy atom. The maximum absolute atomic E-state index is 9.52. The first-order valence-electron chi connectivity index (χ1n) is 32.4. The number of rotatable bonds is 7. The second-order valence-corrected chi connectivity index (χ2v) is 28.4. The van der Waals surface area contributed by atoms with Crippen LogP contribution in [-0.2, 0) is 51.8 Å². The average Bonchev–Trinajstić information content (AvgIpc) is 1.56. The van der Waals surface area contributed by atoms with Gasteiger partial charge in [-0.1, -0.05) is 62.3 Å². The van der Waals surface area contributed by atoms with Crippen molar-refractivity contribution in [1.29, 1.82) is 0 Å². The molecule has 0 bridgehead atoms. The third-order valence-corrected chi connectivity index (χ3v) is 18.7. The van der Waals surface area contributed by atoms with Crippen molar-refractivity contribution in [2.45, 2.75) is 157 Å². The number of nitrogens with zero attached hydrogens (tertiary/aromatic N) is 4. The zero-order valence-electron chi connectivity index (χ0n) is 59.1. The molecule has 3 aromatic heterocycles. The average molecular weight is 1230 g/mol. The standard InChI is InChI=1S/C73H78N4O.Pt/c1-67(2,3)48-29-32-61-64(39-48)75(45-76(61)66-56(46-25-21-19-22-26-46)37-51(70(10,11)12)38-57(66)47-27-23-20-24-28-47)52-35-50(69(7,8)9)36-54(41-52)78-53-30-31-55-58-43-59-60(72(15,16)73(17,18)71(59,13)14)44-63(58)77(62(55)42-53)65-40-49(33-34-74-65)68(4,5)6;/h19-40,43-44H,1-18H3;/q-2;/i19D,20D,21D,22D,23D,24D,25D,26D,27D,28D;. The molecule has 79 heavy (non-hydrogen) atoms. The molecule has 0 aliphatic heterocycles. The quantitative estimate of drug-likeness (QED) is 0.149. The molecule has 6 heteroatoms. The van der Waals surface area contributed by atoms with E-state index in [4.69, 9.17) is 17.9 Å². The van der Waals surface area contributed by atoms with Gasteiger partial charge in [0.15, 0.2) is 0 Å². The summed E-state index contributed by atoms with van der Waals surface area (Å²) in [6, 6.07) is 29.4. The van der Waals surface area contributed by atoms with Gasteiger partial charge in [-0.25, -0.2) is 0 Å². The number of fused-ring (bicyclic) bond motifs is 5. The predicted octanol–water partition coefficient (Wildman–Crippen LogP) is 19.5. The van der Waals surface area contributed by atoms with Gasteiger partial charge in [-0.15, -0.1) is 0 Å². The van der Waals surface area contributed by atoms with Gasteiger partial charge in [0, 0.05) is 6.20 Å². The van der Waals surface area contributed by atoms with Crippen molar-refractivity contribution in [2.24, 2.45) is 5.41 Å². The van der Waals surface area contributed by atoms with Crippen molar-refractivity contribution in [2.75, 3.05) is 0 Å². The fourth-order valence-corrected chi connectivity index (χ4v) is 12.6. The van der Waals surface area contributed by atoms with Crippen LogP contribution in [0.4, 0.5) is 0 Å². The van der Waals surface area contributed by atoms with E-state index in [9.17, 15) is 5.48 Å². The van der Waals surface area contributed by atoms with Crippen molar-refractivity contribution in [3.63, 3.8) is 0 Å². The number of imidazole rings is 1. The topological polar surface area (TPSA) is 36.9 Å². The van der Waals surface area contributed by atoms with E-state index < -0.39 is 71.3 Å². The van der Waals surface area contributed by atoms with E-state index in [0.717, 1.165) is 44.3 Å². The molecule has 7 aromatic carbocycles. The first kappa shape index (κ1) is 43.3. The summed E-state index contributed by atoms with van der Waals surface area (Å²) in [5, 5.41) is 2.11. The number of hydrogen-bond donors (Lipinski definition) is 0. The SMILES string of the molecule is [2H]c1c([2H])c([2H])c(-c2cc(C(C)(C)C)cc(-c3c([2H])c([2H])c([2H])c([2H])c3[2H])c2-n2[c](=[Pt])n(-c3[c-]c(Oc4[c-]c5c(cc4)c4cc6c(cc4n5-c4cc(C(C)(C)C)ccn4)C(C)(C)C(C)(C)C6(C)C)cc(C(C)(C)C)c3)c3cc(C(C)(C)C)ccc32)c([2H])c1[2H]. The van der Waals surface area contributed by atoms with Crippen LogP contribution in [0, 0.1) is 21.4 Å². The molecule has 11 rings (SSSR count). The van der Waals surface area contributed by atoms with Crippen molar-refractivity contribution < 1.29 is 37.8 Å². The summed E-state index contributed by atoms with van der Waals surface area (Å²) in [4.78, 5) is 5.06. The molecule has 1 aliphatic rings. The van der Waals surface area contributed by atoms with E-state index in [2.05, 4.69) is 187 Å². The van der Waals surface area contributed by atoms with Gasteiger partial charge in [0.05, 0.1) is 0 Å². The maximum atomic E-state index is 9.52. The van der Waals surface area contributed by atoms with Crippen molar-refractivity contribution in [1.82, 2.24) is 18.7 Å². The van der Waals surface area contributed by atoms with Gasteiger partial charge in [0.25, 0.3) is 0 Å². The molecular formula is C73H78N4OPt-2. The van der Waals surface area contributed by atoms with Crippen LogP contribution < -0.4 is 4.74 Å². The Morgan fingerprint density at radius 3 is 1.61 bits per heavy atom. The summed E-state index contributed by atoms with van der Waals surface area (Å²) in [5.74, 6) is 1.64. The Balaban J connectivity index is 1.22. The molecule has 5 nitrogen and oxygen atoms in total. The van der Waals surface area contributed by atoms with Crippen LogP contribution in [-0.4, -0.2) is 18.7 Å². The van der Waals surface area contributed by atoms with Crippen LogP contribution in [0.3, 0.4) is 0 Å². The fourth-order valence-electron chi connectivity index (χ4n) is 11.5. The van der Waals surface area contributed by atoms with Gasteiger partial charge < -0.3 is 0 Å². The van der Waals surface area contributed by atoms with E-state index >= 15 is 0 Å². The molecule has 0 fully saturated rings. The second kappa shape index (κ2) is 18.5. The summed E-state index contributed by atoms with van der Waals surface area (Å²) in [5.41, 5.74) is 8.62. The van der Waals surface area contributed by atoms with Crippen LogP contribution in [0.15, 0.2) is 145 Å². The number of aromatic nitrogens is 4. The molecule has 1 aliphatic carbocycles. The van der Waals surface area contributed by atoms with Gasteiger partial charge in [-0.2, -0.15) is 0 Å². The van der Waals surface area contributed by atoms with Gasteiger partial charge >= 0.3 is 385 Å². The first-order valence-corrected chi connectivity index (χ1v) is 28.5. The monoisotopic (exact) mass is 1230 g/mol. The summed E-state index contributed by atoms with van der Waals surface area (Å²) in [6.07, 6.45) is 1.89. The number of pyridine rings is 1. The Labute approximate surface area is 495 Å². The third-order valence-electron chi connectivity index (χ3n) is 17.7. The molecule has 0 atom stereocenters. The minimum absolute atomic E-state index is 0.0533. The molecule has 0 saturated heterocycles. The van der Waals surface area contributed by atoms with Crippen molar-refractivity contribution in [3.8, 4) is 50.9 Å². The summed E-state index contributed by atoms with van der Waals surface area (Å²) >= 11 is 2.25. The number of ether oxygens (including phenoxy) is 1. The van der Waals surface area contributed by atoms with Crippen LogP contribution in [0.5, 0.6) is 11.5 Å². The third kappa shape index (κ3) is 9.02. The summed E-state index contributed by atoms with van der Waals surface area (Å²) in [7, 11) is 0. The molecule has 0 spiro atoms. The normalized spacial score (nSPS) is 17.1. The van der Waals surface area contributed by atoms with E-state index in [-0.39, 0.29) is 55.0 Å². The Hall–Kier alpha value is -6.55. The van der Waals surface area contributed by atoms with Gasteiger partial charge in [-0.3, -0.25) is 0 Å². The molecule has 3 heterocycles. The number of benzene rings is 7. The molecule has 408 valence electrons. The van der Waals surface area contributed by atoms with Crippen molar-refractivity contribution in [3.05, 3.63) is 195 Å². The molecule has 10 aromatic rings. The molecule has 0 amide bonds. The van der Waals surface area contributed by atoms with Gasteiger partial charge in [0.2, 0.25) is 0 Å². The van der Waals surface area contributed by atoms with Gasteiger partial charge in [0.1, 0.15) is 0 Å².